The summed E-state index contributed by atoms with van der Waals surface area (Å²) in [7, 11) is -4.22. The number of nitrogens with zero attached hydrogens (tertiary/aromatic N) is 1. The van der Waals surface area contributed by atoms with Crippen molar-refractivity contribution in [2.45, 2.75) is 18.0 Å². The molecule has 0 saturated heterocycles. The number of nitrogens with one attached hydrogen (secondary N) is 1. The first-order valence-electron chi connectivity index (χ1n) is 9.39. The zero-order valence-electron chi connectivity index (χ0n) is 17.0. The van der Waals surface area contributed by atoms with Crippen molar-refractivity contribution in [2.75, 3.05) is 16.2 Å². The SMILES string of the molecule is Cc1ccc(S(=O)(=O)N(CC(=O)Nc2cc(C(F)(F)F)ccc2Cl)c2cccc(Cl)c2)cc1. The summed E-state index contributed by atoms with van der Waals surface area (Å²) in [5, 5.41) is 2.36. The van der Waals surface area contributed by atoms with E-state index in [0.29, 0.717) is 6.07 Å². The maximum absolute atomic E-state index is 13.3. The highest BCUT2D eigenvalue weighted by Crippen LogP contribution is 2.34. The maximum atomic E-state index is 13.3. The lowest BCUT2D eigenvalue weighted by Gasteiger charge is -2.24. The standard InChI is InChI=1S/C22H17Cl2F3N2O3S/c1-14-5-8-18(9-6-14)33(31,32)29(17-4-2-3-16(23)12-17)13-21(30)28-20-11-15(22(25,26)27)7-10-19(20)24/h2-12H,13H2,1H3,(H,28,30). The largest absolute Gasteiger partial charge is 0.416 e. The summed E-state index contributed by atoms with van der Waals surface area (Å²) in [5.74, 6) is -0.896. The van der Waals surface area contributed by atoms with Crippen LogP contribution in [0.15, 0.2) is 71.6 Å². The first kappa shape index (κ1) is 24.9. The Bertz CT molecular complexity index is 1280. The number of aryl methyl sites for hydroxylation is 1. The molecule has 1 amide bonds. The third-order valence-electron chi connectivity index (χ3n) is 4.56. The molecular formula is C22H17Cl2F3N2O3S. The van der Waals surface area contributed by atoms with E-state index in [2.05, 4.69) is 5.32 Å². The molecule has 5 nitrogen and oxygen atoms in total. The first-order valence-corrected chi connectivity index (χ1v) is 11.6. The monoisotopic (exact) mass is 516 g/mol. The second-order valence-electron chi connectivity index (χ2n) is 7.05. The van der Waals surface area contributed by atoms with Crippen LogP contribution in [0.25, 0.3) is 0 Å². The van der Waals surface area contributed by atoms with Crippen molar-refractivity contribution in [1.82, 2.24) is 0 Å². The zero-order chi connectivity index (χ0) is 24.4. The van der Waals surface area contributed by atoms with Crippen molar-refractivity contribution in [1.29, 1.82) is 0 Å². The Morgan fingerprint density at radius 3 is 2.27 bits per heavy atom. The van der Waals surface area contributed by atoms with Gasteiger partial charge in [0, 0.05) is 5.02 Å². The molecule has 174 valence electrons. The molecule has 0 aliphatic carbocycles. The molecule has 11 heteroatoms. The van der Waals surface area contributed by atoms with Gasteiger partial charge in [0.15, 0.2) is 0 Å². The van der Waals surface area contributed by atoms with Crippen LogP contribution in [0.1, 0.15) is 11.1 Å². The lowest BCUT2D eigenvalue weighted by atomic mass is 10.2. The summed E-state index contributed by atoms with van der Waals surface area (Å²) in [5.41, 5.74) is -0.370. The van der Waals surface area contributed by atoms with E-state index in [1.807, 2.05) is 0 Å². The van der Waals surface area contributed by atoms with Crippen molar-refractivity contribution in [3.8, 4) is 0 Å². The fourth-order valence-electron chi connectivity index (χ4n) is 2.90. The third-order valence-corrected chi connectivity index (χ3v) is 6.91. The zero-order valence-corrected chi connectivity index (χ0v) is 19.4. The molecule has 0 aliphatic heterocycles. The van der Waals surface area contributed by atoms with Gasteiger partial charge in [-0.25, -0.2) is 8.42 Å². The van der Waals surface area contributed by atoms with Crippen LogP contribution in [-0.2, 0) is 21.0 Å². The Morgan fingerprint density at radius 2 is 1.67 bits per heavy atom. The van der Waals surface area contributed by atoms with Crippen LogP contribution >= 0.6 is 23.2 Å². The van der Waals surface area contributed by atoms with Gasteiger partial charge in [-0.3, -0.25) is 9.10 Å². The van der Waals surface area contributed by atoms with Crippen LogP contribution in [0, 0.1) is 6.92 Å². The number of alkyl halides is 3. The van der Waals surface area contributed by atoms with Gasteiger partial charge in [-0.05, 0) is 55.5 Å². The third kappa shape index (κ3) is 5.98. The van der Waals surface area contributed by atoms with Gasteiger partial charge in [0.05, 0.1) is 26.9 Å². The lowest BCUT2D eigenvalue weighted by molar-refractivity contribution is -0.137. The van der Waals surface area contributed by atoms with E-state index in [9.17, 15) is 26.4 Å². The molecule has 0 saturated carbocycles. The Kier molecular flexibility index (Phi) is 7.26. The van der Waals surface area contributed by atoms with Gasteiger partial charge in [-0.15, -0.1) is 0 Å². The van der Waals surface area contributed by atoms with E-state index in [1.165, 1.54) is 36.4 Å². The Labute approximate surface area is 198 Å². The van der Waals surface area contributed by atoms with E-state index >= 15 is 0 Å². The summed E-state index contributed by atoms with van der Waals surface area (Å²) in [4.78, 5) is 12.7. The number of hydrogen-bond acceptors (Lipinski definition) is 3. The molecular weight excluding hydrogens is 500 g/mol. The smallest absolute Gasteiger partial charge is 0.323 e. The minimum atomic E-state index is -4.65. The highest BCUT2D eigenvalue weighted by Gasteiger charge is 2.32. The van der Waals surface area contributed by atoms with Crippen molar-refractivity contribution < 1.29 is 26.4 Å². The molecule has 0 spiro atoms. The molecule has 0 bridgehead atoms. The summed E-state index contributed by atoms with van der Waals surface area (Å²) in [6.07, 6.45) is -4.65. The Morgan fingerprint density at radius 1 is 1.00 bits per heavy atom. The van der Waals surface area contributed by atoms with Crippen molar-refractivity contribution in [3.63, 3.8) is 0 Å². The van der Waals surface area contributed by atoms with E-state index in [0.717, 1.165) is 22.0 Å². The van der Waals surface area contributed by atoms with E-state index in [1.54, 1.807) is 19.1 Å². The van der Waals surface area contributed by atoms with Gasteiger partial charge in [-0.2, -0.15) is 13.2 Å². The predicted molar refractivity (Wildman–Crippen MR) is 122 cm³/mol. The highest BCUT2D eigenvalue weighted by atomic mass is 35.5. The molecule has 3 rings (SSSR count). The number of halogens is 5. The molecule has 0 radical (unpaired) electrons. The maximum Gasteiger partial charge on any atom is 0.416 e. The van der Waals surface area contributed by atoms with Gasteiger partial charge < -0.3 is 5.32 Å². The molecule has 3 aromatic rings. The normalized spacial score (nSPS) is 11.8. The molecule has 3 aromatic carbocycles. The first-order chi connectivity index (χ1) is 15.4. The summed E-state index contributed by atoms with van der Waals surface area (Å²) in [6, 6.07) is 14.3. The summed E-state index contributed by atoms with van der Waals surface area (Å²) >= 11 is 11.9. The molecule has 0 unspecified atom stereocenters. The summed E-state index contributed by atoms with van der Waals surface area (Å²) < 4.78 is 66.5. The van der Waals surface area contributed by atoms with Gasteiger partial charge in [0.1, 0.15) is 6.54 Å². The molecule has 0 fully saturated rings. The average Bonchev–Trinajstić information content (AvgIpc) is 2.73. The topological polar surface area (TPSA) is 66.5 Å². The second-order valence-corrected chi connectivity index (χ2v) is 9.75. The number of rotatable bonds is 6. The molecule has 0 aliphatic rings. The van der Waals surface area contributed by atoms with Crippen LogP contribution < -0.4 is 9.62 Å². The fourth-order valence-corrected chi connectivity index (χ4v) is 4.66. The number of anilines is 2. The quantitative estimate of drug-likeness (QED) is 0.426. The number of benzene rings is 3. The fraction of sp³-hybridized carbons (Fsp3) is 0.136. The van der Waals surface area contributed by atoms with Gasteiger partial charge in [0.25, 0.3) is 10.0 Å². The Balaban J connectivity index is 1.96. The van der Waals surface area contributed by atoms with Crippen molar-refractivity contribution in [2.24, 2.45) is 0 Å². The number of carbonyl (C=O) groups excluding carboxylic acids is 1. The number of amides is 1. The lowest BCUT2D eigenvalue weighted by Crippen LogP contribution is -2.38. The van der Waals surface area contributed by atoms with Crippen LogP contribution in [-0.4, -0.2) is 20.9 Å². The molecule has 0 atom stereocenters. The van der Waals surface area contributed by atoms with Crippen molar-refractivity contribution in [3.05, 3.63) is 87.9 Å². The number of sulfonamides is 1. The number of hydrogen-bond donors (Lipinski definition) is 1. The molecule has 1 N–H and O–H groups in total. The van der Waals surface area contributed by atoms with E-state index in [4.69, 9.17) is 23.2 Å². The van der Waals surface area contributed by atoms with E-state index < -0.39 is 34.2 Å². The van der Waals surface area contributed by atoms with Gasteiger partial charge in [0.2, 0.25) is 5.91 Å². The van der Waals surface area contributed by atoms with E-state index in [-0.39, 0.29) is 26.3 Å². The van der Waals surface area contributed by atoms with Crippen molar-refractivity contribution >= 4 is 50.5 Å². The molecule has 0 aromatic heterocycles. The van der Waals surface area contributed by atoms with Crippen LogP contribution in [0.4, 0.5) is 24.5 Å². The second kappa shape index (κ2) is 9.62. The van der Waals surface area contributed by atoms with Gasteiger partial charge >= 0.3 is 6.18 Å². The average molecular weight is 517 g/mol. The highest BCUT2D eigenvalue weighted by molar-refractivity contribution is 7.92. The molecule has 0 heterocycles. The molecule has 33 heavy (non-hydrogen) atoms. The Hall–Kier alpha value is -2.75. The minimum absolute atomic E-state index is 0.0713. The minimum Gasteiger partial charge on any atom is -0.323 e. The van der Waals surface area contributed by atoms with Gasteiger partial charge in [-0.1, -0.05) is 47.0 Å². The summed E-state index contributed by atoms with van der Waals surface area (Å²) in [6.45, 7) is 1.06. The predicted octanol–water partition coefficient (Wildman–Crippen LogP) is 6.15. The van der Waals surface area contributed by atoms with Crippen LogP contribution in [0.3, 0.4) is 0 Å². The van der Waals surface area contributed by atoms with Crippen LogP contribution in [0.2, 0.25) is 10.0 Å². The van der Waals surface area contributed by atoms with Crippen LogP contribution in [0.5, 0.6) is 0 Å². The number of carbonyl (C=O) groups is 1.